The number of nitrogens with one attached hydrogen (secondary N) is 1. The van der Waals surface area contributed by atoms with Crippen molar-refractivity contribution in [1.29, 1.82) is 0 Å². The molecule has 0 bridgehead atoms. The molecule has 1 aromatic heterocycles. The minimum atomic E-state index is -0.640. The molecule has 1 N–H and O–H groups in total. The Morgan fingerprint density at radius 3 is 2.50 bits per heavy atom. The van der Waals surface area contributed by atoms with Crippen molar-refractivity contribution in [1.82, 2.24) is 4.98 Å². The van der Waals surface area contributed by atoms with E-state index in [0.717, 1.165) is 6.07 Å². The normalized spacial score (nSPS) is 9.57. The molecule has 1 aromatic rings. The quantitative estimate of drug-likeness (QED) is 0.546. The van der Waals surface area contributed by atoms with Crippen LogP contribution in [0.4, 0.5) is 0 Å². The molecule has 0 amide bonds. The Kier molecular flexibility index (Phi) is 2.81. The first-order valence-corrected chi connectivity index (χ1v) is 3.88. The summed E-state index contributed by atoms with van der Waals surface area (Å²) in [5.74, 6) is -0.952. The van der Waals surface area contributed by atoms with Gasteiger partial charge in [-0.15, -0.1) is 0 Å². The standard InChI is InChI=1S/C9H9NO4/c1-5(11)7-3-6(9(13)14-2)4-8(12)10-7/h3-4H,1-2H3,(H,10,12). The van der Waals surface area contributed by atoms with E-state index in [9.17, 15) is 14.4 Å². The number of ether oxygens (including phenoxy) is 1. The van der Waals surface area contributed by atoms with Gasteiger partial charge in [0.25, 0.3) is 0 Å². The molecule has 5 heteroatoms. The average Bonchev–Trinajstić information content (AvgIpc) is 2.15. The summed E-state index contributed by atoms with van der Waals surface area (Å²) < 4.78 is 4.42. The number of esters is 1. The third kappa shape index (κ3) is 2.07. The van der Waals surface area contributed by atoms with Gasteiger partial charge in [-0.05, 0) is 6.07 Å². The number of ketones is 1. The fourth-order valence-electron chi connectivity index (χ4n) is 0.969. The first-order chi connectivity index (χ1) is 6.54. The minimum Gasteiger partial charge on any atom is -0.465 e. The van der Waals surface area contributed by atoms with Crippen molar-refractivity contribution in [2.45, 2.75) is 6.92 Å². The van der Waals surface area contributed by atoms with E-state index in [2.05, 4.69) is 9.72 Å². The molecular formula is C9H9NO4. The third-order valence-electron chi connectivity index (χ3n) is 1.64. The van der Waals surface area contributed by atoms with Crippen LogP contribution in [0.25, 0.3) is 0 Å². The molecule has 0 atom stereocenters. The largest absolute Gasteiger partial charge is 0.465 e. The van der Waals surface area contributed by atoms with Crippen LogP contribution in [-0.2, 0) is 4.74 Å². The van der Waals surface area contributed by atoms with Crippen LogP contribution < -0.4 is 5.56 Å². The van der Waals surface area contributed by atoms with Gasteiger partial charge < -0.3 is 9.72 Å². The van der Waals surface area contributed by atoms with E-state index in [1.54, 1.807) is 0 Å². The lowest BCUT2D eigenvalue weighted by atomic mass is 10.2. The lowest BCUT2D eigenvalue weighted by Gasteiger charge is -2.00. The summed E-state index contributed by atoms with van der Waals surface area (Å²) in [7, 11) is 1.21. The Morgan fingerprint density at radius 2 is 2.00 bits per heavy atom. The lowest BCUT2D eigenvalue weighted by molar-refractivity contribution is 0.0600. The SMILES string of the molecule is COC(=O)c1cc(C(C)=O)[nH]c(=O)c1. The van der Waals surface area contributed by atoms with Crippen LogP contribution in [0, 0.1) is 0 Å². The van der Waals surface area contributed by atoms with Gasteiger partial charge in [0.05, 0.1) is 18.4 Å². The molecular weight excluding hydrogens is 186 g/mol. The highest BCUT2D eigenvalue weighted by Crippen LogP contribution is 2.01. The zero-order valence-electron chi connectivity index (χ0n) is 7.79. The van der Waals surface area contributed by atoms with Crippen molar-refractivity contribution < 1.29 is 14.3 Å². The van der Waals surface area contributed by atoms with E-state index >= 15 is 0 Å². The van der Waals surface area contributed by atoms with Crippen molar-refractivity contribution >= 4 is 11.8 Å². The summed E-state index contributed by atoms with van der Waals surface area (Å²) in [6.45, 7) is 1.30. The highest BCUT2D eigenvalue weighted by Gasteiger charge is 2.09. The number of carbonyl (C=O) groups is 2. The summed E-state index contributed by atoms with van der Waals surface area (Å²) in [6, 6.07) is 2.37. The highest BCUT2D eigenvalue weighted by atomic mass is 16.5. The first-order valence-electron chi connectivity index (χ1n) is 3.88. The highest BCUT2D eigenvalue weighted by molar-refractivity contribution is 5.96. The molecule has 0 aliphatic rings. The summed E-state index contributed by atoms with van der Waals surface area (Å²) >= 11 is 0. The van der Waals surface area contributed by atoms with Crippen molar-refractivity contribution in [3.05, 3.63) is 33.7 Å². The predicted octanol–water partition coefficient (Wildman–Crippen LogP) is 0.364. The number of methoxy groups -OCH3 is 1. The summed E-state index contributed by atoms with van der Waals surface area (Å²) in [4.78, 5) is 35.3. The second kappa shape index (κ2) is 3.87. The van der Waals surface area contributed by atoms with Crippen molar-refractivity contribution in [2.24, 2.45) is 0 Å². The van der Waals surface area contributed by atoms with Crippen LogP contribution in [0.1, 0.15) is 27.8 Å². The van der Waals surface area contributed by atoms with Gasteiger partial charge in [0.2, 0.25) is 5.56 Å². The molecule has 0 saturated carbocycles. The number of aromatic nitrogens is 1. The Bertz CT molecular complexity index is 433. The van der Waals surface area contributed by atoms with E-state index in [0.29, 0.717) is 0 Å². The molecule has 0 aliphatic carbocycles. The number of pyridine rings is 1. The van der Waals surface area contributed by atoms with Gasteiger partial charge in [-0.3, -0.25) is 9.59 Å². The average molecular weight is 195 g/mol. The van der Waals surface area contributed by atoms with E-state index in [1.807, 2.05) is 0 Å². The number of aromatic amines is 1. The van der Waals surface area contributed by atoms with Crippen molar-refractivity contribution in [2.75, 3.05) is 7.11 Å². The Hall–Kier alpha value is -1.91. The van der Waals surface area contributed by atoms with Crippen molar-refractivity contribution in [3.63, 3.8) is 0 Å². The van der Waals surface area contributed by atoms with Gasteiger partial charge in [0, 0.05) is 13.0 Å². The number of hydrogen-bond acceptors (Lipinski definition) is 4. The maximum atomic E-state index is 11.1. The van der Waals surface area contributed by atoms with Crippen LogP contribution in [0.3, 0.4) is 0 Å². The van der Waals surface area contributed by atoms with Crippen LogP contribution in [0.15, 0.2) is 16.9 Å². The first kappa shape index (κ1) is 10.2. The molecule has 0 unspecified atom stereocenters. The summed E-state index contributed by atoms with van der Waals surface area (Å²) in [6.07, 6.45) is 0. The minimum absolute atomic E-state index is 0.0708. The summed E-state index contributed by atoms with van der Waals surface area (Å²) in [5.41, 5.74) is -0.336. The van der Waals surface area contributed by atoms with Gasteiger partial charge in [0.1, 0.15) is 0 Å². The molecule has 0 fully saturated rings. The fraction of sp³-hybridized carbons (Fsp3) is 0.222. The van der Waals surface area contributed by atoms with Gasteiger partial charge in [-0.25, -0.2) is 4.79 Å². The van der Waals surface area contributed by atoms with Crippen LogP contribution in [0.5, 0.6) is 0 Å². The van der Waals surface area contributed by atoms with E-state index < -0.39 is 11.5 Å². The molecule has 0 saturated heterocycles. The number of rotatable bonds is 2. The number of H-pyrrole nitrogens is 1. The smallest absolute Gasteiger partial charge is 0.338 e. The Balaban J connectivity index is 3.27. The van der Waals surface area contributed by atoms with E-state index in [-0.39, 0.29) is 17.0 Å². The zero-order chi connectivity index (χ0) is 10.7. The molecule has 14 heavy (non-hydrogen) atoms. The van der Waals surface area contributed by atoms with Crippen LogP contribution in [-0.4, -0.2) is 23.8 Å². The van der Waals surface area contributed by atoms with E-state index in [1.165, 1.54) is 20.1 Å². The van der Waals surface area contributed by atoms with E-state index in [4.69, 9.17) is 0 Å². The third-order valence-corrected chi connectivity index (χ3v) is 1.64. The second-order valence-corrected chi connectivity index (χ2v) is 2.69. The molecule has 74 valence electrons. The predicted molar refractivity (Wildman–Crippen MR) is 48.4 cm³/mol. The molecule has 0 aromatic carbocycles. The van der Waals surface area contributed by atoms with Crippen molar-refractivity contribution in [3.8, 4) is 0 Å². The zero-order valence-corrected chi connectivity index (χ0v) is 7.79. The topological polar surface area (TPSA) is 76.2 Å². The Labute approximate surface area is 79.7 Å². The fourth-order valence-corrected chi connectivity index (χ4v) is 0.969. The van der Waals surface area contributed by atoms with Crippen LogP contribution in [0.2, 0.25) is 0 Å². The Morgan fingerprint density at radius 1 is 1.36 bits per heavy atom. The maximum Gasteiger partial charge on any atom is 0.338 e. The molecule has 1 rings (SSSR count). The summed E-state index contributed by atoms with van der Waals surface area (Å²) in [5, 5.41) is 0. The molecule has 0 spiro atoms. The van der Waals surface area contributed by atoms with Gasteiger partial charge in [-0.1, -0.05) is 0 Å². The van der Waals surface area contributed by atoms with Gasteiger partial charge >= 0.3 is 5.97 Å². The monoisotopic (exact) mass is 195 g/mol. The molecule has 0 radical (unpaired) electrons. The maximum absolute atomic E-state index is 11.1. The molecule has 1 heterocycles. The lowest BCUT2D eigenvalue weighted by Crippen LogP contribution is -2.15. The molecule has 5 nitrogen and oxygen atoms in total. The number of hydrogen-bond donors (Lipinski definition) is 1. The molecule has 0 aliphatic heterocycles. The number of Topliss-reactive ketones (excluding diaryl/α,β-unsaturated/α-hetero) is 1. The van der Waals surface area contributed by atoms with Gasteiger partial charge in [-0.2, -0.15) is 0 Å². The second-order valence-electron chi connectivity index (χ2n) is 2.69. The number of carbonyl (C=O) groups excluding carboxylic acids is 2. The van der Waals surface area contributed by atoms with Gasteiger partial charge in [0.15, 0.2) is 5.78 Å². The van der Waals surface area contributed by atoms with Crippen LogP contribution >= 0.6 is 0 Å².